The molecule has 0 unspecified atom stereocenters. The molecule has 3 N–H and O–H groups in total. The number of carbonyl (C=O) groups excluding carboxylic acids is 2. The second-order valence-corrected chi connectivity index (χ2v) is 6.30. The summed E-state index contributed by atoms with van der Waals surface area (Å²) in [4.78, 5) is 24.2. The van der Waals surface area contributed by atoms with Crippen LogP contribution in [0.2, 0.25) is 0 Å². The van der Waals surface area contributed by atoms with Crippen molar-refractivity contribution < 1.29 is 18.7 Å². The van der Waals surface area contributed by atoms with E-state index in [1.807, 2.05) is 6.92 Å². The van der Waals surface area contributed by atoms with Crippen LogP contribution in [-0.4, -0.2) is 42.3 Å². The molecule has 25 heavy (non-hydrogen) atoms. The highest BCUT2D eigenvalue weighted by molar-refractivity contribution is 6.40. The number of amides is 2. The number of ether oxygens (including phenoxy) is 1. The lowest BCUT2D eigenvalue weighted by molar-refractivity contribution is -0.119. The van der Waals surface area contributed by atoms with Crippen LogP contribution in [0.3, 0.4) is 0 Å². The molecule has 1 aromatic carbocycles. The third-order valence-electron chi connectivity index (χ3n) is 4.47. The monoisotopic (exact) mass is 348 g/mol. The summed E-state index contributed by atoms with van der Waals surface area (Å²) in [6.45, 7) is 2.58. The van der Waals surface area contributed by atoms with E-state index in [-0.39, 0.29) is 30.2 Å². The molecule has 1 saturated heterocycles. The second kappa shape index (κ2) is 7.18. The summed E-state index contributed by atoms with van der Waals surface area (Å²) < 4.78 is 18.7. The van der Waals surface area contributed by atoms with Gasteiger partial charge >= 0.3 is 0 Å². The lowest BCUT2D eigenvalue weighted by Gasteiger charge is -2.20. The second-order valence-electron chi connectivity index (χ2n) is 6.30. The van der Waals surface area contributed by atoms with E-state index in [2.05, 4.69) is 10.4 Å². The van der Waals surface area contributed by atoms with Gasteiger partial charge in [-0.25, -0.2) is 4.39 Å². The molecular weight excluding hydrogens is 327 g/mol. The van der Waals surface area contributed by atoms with Crippen molar-refractivity contribution in [1.29, 1.82) is 0 Å². The number of rotatable bonds is 5. The van der Waals surface area contributed by atoms with Crippen molar-refractivity contribution in [3.63, 3.8) is 0 Å². The fourth-order valence-corrected chi connectivity index (χ4v) is 3.08. The number of primary amides is 1. The molecule has 0 spiro atoms. The molecule has 3 rings (SSSR count). The third kappa shape index (κ3) is 3.79. The van der Waals surface area contributed by atoms with Gasteiger partial charge in [-0.3, -0.25) is 14.6 Å². The molecule has 3 atom stereocenters. The normalized spacial score (nSPS) is 24.1. The first-order valence-corrected chi connectivity index (χ1v) is 8.30. The Hall–Kier alpha value is -2.48. The van der Waals surface area contributed by atoms with Crippen LogP contribution >= 0.6 is 0 Å². The zero-order chi connectivity index (χ0) is 18.0. The average molecular weight is 348 g/mol. The minimum atomic E-state index is -0.774. The number of halogens is 1. The Morgan fingerprint density at radius 2 is 2.12 bits per heavy atom. The van der Waals surface area contributed by atoms with Crippen LogP contribution in [0, 0.1) is 5.82 Å². The van der Waals surface area contributed by atoms with Crippen LogP contribution in [0.15, 0.2) is 29.4 Å². The highest BCUT2D eigenvalue weighted by Gasteiger charge is 2.36. The van der Waals surface area contributed by atoms with Gasteiger partial charge in [0, 0.05) is 13.0 Å². The minimum absolute atomic E-state index is 0.00825. The molecule has 2 aliphatic rings. The van der Waals surface area contributed by atoms with Crippen LogP contribution in [0.5, 0.6) is 0 Å². The van der Waals surface area contributed by atoms with Crippen LogP contribution in [0.1, 0.15) is 26.2 Å². The quantitative estimate of drug-likeness (QED) is 0.827. The fraction of sp³-hybridized carbons (Fsp3) is 0.471. The topological polar surface area (TPSA) is 97.0 Å². The van der Waals surface area contributed by atoms with Gasteiger partial charge in [0.1, 0.15) is 17.6 Å². The lowest BCUT2D eigenvalue weighted by Crippen LogP contribution is -2.44. The standard InChI is InChI=1S/C17H21FN4O3/c1-10(15-3-2-8-25-15)20-17(24)13-9-14(16(19)23)22(21-13)12-6-4-11(18)5-7-12/h4-7,10,14-15H,2-3,8-9H2,1H3,(H2,19,23)(H,20,24)/t10-,14-,15-/m0/s1. The maximum absolute atomic E-state index is 13.1. The Balaban J connectivity index is 1.74. The van der Waals surface area contributed by atoms with E-state index in [1.54, 1.807) is 0 Å². The lowest BCUT2D eigenvalue weighted by atomic mass is 10.1. The van der Waals surface area contributed by atoms with Gasteiger partial charge in [-0.1, -0.05) is 0 Å². The molecule has 0 aromatic heterocycles. The van der Waals surface area contributed by atoms with Crippen molar-refractivity contribution in [1.82, 2.24) is 5.32 Å². The van der Waals surface area contributed by atoms with E-state index in [4.69, 9.17) is 10.5 Å². The van der Waals surface area contributed by atoms with E-state index in [9.17, 15) is 14.0 Å². The molecule has 0 saturated carbocycles. The Morgan fingerprint density at radius 3 is 2.72 bits per heavy atom. The molecule has 2 heterocycles. The van der Waals surface area contributed by atoms with Crippen molar-refractivity contribution in [3.8, 4) is 0 Å². The number of nitrogens with two attached hydrogens (primary N) is 1. The minimum Gasteiger partial charge on any atom is -0.376 e. The first kappa shape index (κ1) is 17.3. The number of hydrogen-bond donors (Lipinski definition) is 2. The van der Waals surface area contributed by atoms with E-state index in [1.165, 1.54) is 29.3 Å². The molecule has 7 nitrogen and oxygen atoms in total. The summed E-state index contributed by atoms with van der Waals surface area (Å²) >= 11 is 0. The van der Waals surface area contributed by atoms with Crippen LogP contribution in [0.4, 0.5) is 10.1 Å². The number of carbonyl (C=O) groups is 2. The number of anilines is 1. The van der Waals surface area contributed by atoms with Crippen molar-refractivity contribution in [2.24, 2.45) is 10.8 Å². The van der Waals surface area contributed by atoms with Gasteiger partial charge in [-0.15, -0.1) is 0 Å². The van der Waals surface area contributed by atoms with E-state index < -0.39 is 17.8 Å². The first-order chi connectivity index (χ1) is 12.0. The zero-order valence-corrected chi connectivity index (χ0v) is 13.9. The van der Waals surface area contributed by atoms with Gasteiger partial charge in [0.05, 0.1) is 17.8 Å². The van der Waals surface area contributed by atoms with Crippen molar-refractivity contribution in [2.75, 3.05) is 11.6 Å². The predicted octanol–water partition coefficient (Wildman–Crippen LogP) is 0.929. The molecule has 0 bridgehead atoms. The van der Waals surface area contributed by atoms with Crippen LogP contribution in [0.25, 0.3) is 0 Å². The Labute approximate surface area is 145 Å². The van der Waals surface area contributed by atoms with E-state index >= 15 is 0 Å². The number of hydrogen-bond acceptors (Lipinski definition) is 5. The number of benzene rings is 1. The molecule has 1 fully saturated rings. The third-order valence-corrected chi connectivity index (χ3v) is 4.47. The van der Waals surface area contributed by atoms with E-state index in [0.29, 0.717) is 12.3 Å². The molecule has 0 radical (unpaired) electrons. The van der Waals surface area contributed by atoms with Crippen molar-refractivity contribution in [3.05, 3.63) is 30.1 Å². The average Bonchev–Trinajstić information content (AvgIpc) is 3.25. The summed E-state index contributed by atoms with van der Waals surface area (Å²) in [5, 5.41) is 8.48. The van der Waals surface area contributed by atoms with Gasteiger partial charge in [0.2, 0.25) is 5.91 Å². The van der Waals surface area contributed by atoms with Gasteiger partial charge in [-0.2, -0.15) is 5.10 Å². The number of nitrogens with one attached hydrogen (secondary N) is 1. The van der Waals surface area contributed by atoms with Crippen molar-refractivity contribution in [2.45, 2.75) is 44.4 Å². The maximum Gasteiger partial charge on any atom is 0.267 e. The summed E-state index contributed by atoms with van der Waals surface area (Å²) in [5.41, 5.74) is 6.16. The van der Waals surface area contributed by atoms with Crippen molar-refractivity contribution >= 4 is 23.2 Å². The molecule has 8 heteroatoms. The summed E-state index contributed by atoms with van der Waals surface area (Å²) in [7, 11) is 0. The Kier molecular flexibility index (Phi) is 4.98. The predicted molar refractivity (Wildman–Crippen MR) is 90.5 cm³/mol. The molecule has 2 amide bonds. The van der Waals surface area contributed by atoms with Gasteiger partial charge < -0.3 is 15.8 Å². The Bertz CT molecular complexity index is 686. The largest absolute Gasteiger partial charge is 0.376 e. The van der Waals surface area contributed by atoms with Gasteiger partial charge in [-0.05, 0) is 44.0 Å². The van der Waals surface area contributed by atoms with Gasteiger partial charge in [0.25, 0.3) is 5.91 Å². The number of hydrazone groups is 1. The maximum atomic E-state index is 13.1. The van der Waals surface area contributed by atoms with Crippen LogP contribution < -0.4 is 16.1 Å². The highest BCUT2D eigenvalue weighted by Crippen LogP contribution is 2.25. The molecule has 0 aliphatic carbocycles. The summed E-state index contributed by atoms with van der Waals surface area (Å²) in [6.07, 6.45) is 1.98. The SMILES string of the molecule is C[C@H](NC(=O)C1=NN(c2ccc(F)cc2)[C@H](C(N)=O)C1)[C@@H]1CCCO1. The highest BCUT2D eigenvalue weighted by atomic mass is 19.1. The molecule has 134 valence electrons. The Morgan fingerprint density at radius 1 is 1.40 bits per heavy atom. The molecular formula is C17H21FN4O3. The van der Waals surface area contributed by atoms with Gasteiger partial charge in [0.15, 0.2) is 0 Å². The number of nitrogens with zero attached hydrogens (tertiary/aromatic N) is 2. The fourth-order valence-electron chi connectivity index (χ4n) is 3.08. The zero-order valence-electron chi connectivity index (χ0n) is 13.9. The summed E-state index contributed by atoms with van der Waals surface area (Å²) in [5.74, 6) is -1.34. The van der Waals surface area contributed by atoms with Crippen LogP contribution in [-0.2, 0) is 14.3 Å². The van der Waals surface area contributed by atoms with E-state index in [0.717, 1.165) is 12.8 Å². The molecule has 1 aromatic rings. The summed E-state index contributed by atoms with van der Waals surface area (Å²) in [6, 6.07) is 4.59. The first-order valence-electron chi connectivity index (χ1n) is 8.30. The smallest absolute Gasteiger partial charge is 0.267 e. The molecule has 2 aliphatic heterocycles.